The van der Waals surface area contributed by atoms with E-state index in [1.807, 2.05) is 4.90 Å². The molecule has 2 amide bonds. The van der Waals surface area contributed by atoms with Crippen LogP contribution in [0.4, 0.5) is 0 Å². The van der Waals surface area contributed by atoms with Crippen molar-refractivity contribution in [2.45, 2.75) is 44.6 Å². The van der Waals surface area contributed by atoms with Crippen LogP contribution in [0.3, 0.4) is 0 Å². The Morgan fingerprint density at radius 3 is 2.00 bits per heavy atom. The Hall–Kier alpha value is -1.10. The molecule has 3 fully saturated rings. The molecule has 112 valence electrons. The number of likely N-dealkylation sites (tertiary alicyclic amines) is 2. The van der Waals surface area contributed by atoms with Gasteiger partial charge in [-0.25, -0.2) is 0 Å². The van der Waals surface area contributed by atoms with Crippen molar-refractivity contribution in [3.05, 3.63) is 0 Å². The van der Waals surface area contributed by atoms with Gasteiger partial charge in [-0.1, -0.05) is 0 Å². The van der Waals surface area contributed by atoms with Crippen LogP contribution in [0.25, 0.3) is 0 Å². The molecule has 3 rings (SSSR count). The normalized spacial score (nSPS) is 31.7. The minimum atomic E-state index is -0.724. The van der Waals surface area contributed by atoms with Crippen LogP contribution in [-0.4, -0.2) is 58.5 Å². The molecule has 0 aromatic carbocycles. The van der Waals surface area contributed by atoms with Crippen molar-refractivity contribution < 1.29 is 14.7 Å². The maximum absolute atomic E-state index is 12.4. The van der Waals surface area contributed by atoms with Crippen molar-refractivity contribution >= 4 is 11.8 Å². The third kappa shape index (κ3) is 2.82. The van der Waals surface area contributed by atoms with Gasteiger partial charge in [-0.05, 0) is 39.0 Å². The number of aliphatic hydroxyl groups is 1. The number of hydrogen-bond acceptors (Lipinski definition) is 3. The van der Waals surface area contributed by atoms with Gasteiger partial charge in [0.15, 0.2) is 0 Å². The molecule has 2 aliphatic heterocycles. The summed E-state index contributed by atoms with van der Waals surface area (Å²) in [6, 6.07) is 0. The van der Waals surface area contributed by atoms with E-state index in [2.05, 4.69) is 0 Å². The lowest BCUT2D eigenvalue weighted by atomic mass is 9.95. The van der Waals surface area contributed by atoms with Crippen LogP contribution < -0.4 is 0 Å². The summed E-state index contributed by atoms with van der Waals surface area (Å²) in [5, 5.41) is 9.95. The topological polar surface area (TPSA) is 60.9 Å². The Kier molecular flexibility index (Phi) is 3.48. The van der Waals surface area contributed by atoms with E-state index in [1.165, 1.54) is 0 Å². The lowest BCUT2D eigenvalue weighted by Crippen LogP contribution is -2.45. The summed E-state index contributed by atoms with van der Waals surface area (Å²) in [6.45, 7) is 4.34. The standard InChI is InChI=1S/C15H24N2O3/c1-15(20)6-9-17(10-15)14(19)12-4-7-16(8-5-12)13(18)11-2-3-11/h11-12,20H,2-10H2,1H3. The van der Waals surface area contributed by atoms with Crippen molar-refractivity contribution in [3.8, 4) is 0 Å². The maximum Gasteiger partial charge on any atom is 0.225 e. The number of hydrogen-bond donors (Lipinski definition) is 1. The van der Waals surface area contributed by atoms with E-state index in [0.29, 0.717) is 25.4 Å². The molecule has 0 spiro atoms. The molecule has 5 heteroatoms. The van der Waals surface area contributed by atoms with Gasteiger partial charge in [0.1, 0.15) is 0 Å². The predicted molar refractivity (Wildman–Crippen MR) is 73.8 cm³/mol. The van der Waals surface area contributed by atoms with Crippen LogP contribution in [0.2, 0.25) is 0 Å². The summed E-state index contributed by atoms with van der Waals surface area (Å²) < 4.78 is 0. The molecule has 1 atom stereocenters. The van der Waals surface area contributed by atoms with Crippen molar-refractivity contribution in [3.63, 3.8) is 0 Å². The molecule has 1 N–H and O–H groups in total. The zero-order valence-corrected chi connectivity index (χ0v) is 12.2. The number of piperidine rings is 1. The molecule has 0 aromatic rings. The average molecular weight is 280 g/mol. The van der Waals surface area contributed by atoms with Crippen LogP contribution in [0.1, 0.15) is 39.0 Å². The van der Waals surface area contributed by atoms with E-state index in [1.54, 1.807) is 11.8 Å². The molecule has 1 saturated carbocycles. The lowest BCUT2D eigenvalue weighted by Gasteiger charge is -2.33. The largest absolute Gasteiger partial charge is 0.388 e. The average Bonchev–Trinajstić information content (AvgIpc) is 3.21. The summed E-state index contributed by atoms with van der Waals surface area (Å²) >= 11 is 0. The third-order valence-corrected chi connectivity index (χ3v) is 4.85. The number of β-amino-alcohol motifs (C(OH)–C–C–N with tert-alkyl or cyclic N) is 1. The highest BCUT2D eigenvalue weighted by molar-refractivity contribution is 5.82. The fourth-order valence-electron chi connectivity index (χ4n) is 3.33. The highest BCUT2D eigenvalue weighted by Crippen LogP contribution is 2.33. The quantitative estimate of drug-likeness (QED) is 0.806. The molecule has 1 unspecified atom stereocenters. The van der Waals surface area contributed by atoms with Crippen molar-refractivity contribution in [1.29, 1.82) is 0 Å². The minimum absolute atomic E-state index is 0.0344. The van der Waals surface area contributed by atoms with Gasteiger partial charge in [0.25, 0.3) is 0 Å². The third-order valence-electron chi connectivity index (χ3n) is 4.85. The molecule has 2 heterocycles. The van der Waals surface area contributed by atoms with E-state index < -0.39 is 5.60 Å². The van der Waals surface area contributed by atoms with E-state index in [4.69, 9.17) is 0 Å². The Labute approximate surface area is 119 Å². The van der Waals surface area contributed by atoms with Crippen LogP contribution in [0.5, 0.6) is 0 Å². The number of nitrogens with zero attached hydrogens (tertiary/aromatic N) is 2. The Morgan fingerprint density at radius 2 is 1.50 bits per heavy atom. The van der Waals surface area contributed by atoms with Crippen LogP contribution in [0.15, 0.2) is 0 Å². The number of carbonyl (C=O) groups is 2. The molecule has 20 heavy (non-hydrogen) atoms. The first kappa shape index (κ1) is 13.9. The number of rotatable bonds is 2. The van der Waals surface area contributed by atoms with Crippen molar-refractivity contribution in [2.75, 3.05) is 26.2 Å². The van der Waals surface area contributed by atoms with E-state index >= 15 is 0 Å². The van der Waals surface area contributed by atoms with Crippen LogP contribution >= 0.6 is 0 Å². The van der Waals surface area contributed by atoms with Crippen molar-refractivity contribution in [1.82, 2.24) is 9.80 Å². The minimum Gasteiger partial charge on any atom is -0.388 e. The second-order valence-corrected chi connectivity index (χ2v) is 6.88. The lowest BCUT2D eigenvalue weighted by molar-refractivity contribution is -0.141. The van der Waals surface area contributed by atoms with Crippen LogP contribution in [0, 0.1) is 11.8 Å². The molecule has 5 nitrogen and oxygen atoms in total. The molecular weight excluding hydrogens is 256 g/mol. The smallest absolute Gasteiger partial charge is 0.225 e. The Balaban J connectivity index is 1.50. The molecular formula is C15H24N2O3. The highest BCUT2D eigenvalue weighted by atomic mass is 16.3. The summed E-state index contributed by atoms with van der Waals surface area (Å²) in [6.07, 6.45) is 4.30. The monoisotopic (exact) mass is 280 g/mol. The Bertz CT molecular complexity index is 409. The first-order valence-corrected chi connectivity index (χ1v) is 7.76. The molecule has 0 radical (unpaired) electrons. The summed E-state index contributed by atoms with van der Waals surface area (Å²) in [5.74, 6) is 0.768. The maximum atomic E-state index is 12.4. The van der Waals surface area contributed by atoms with Gasteiger partial charge < -0.3 is 14.9 Å². The van der Waals surface area contributed by atoms with Crippen LogP contribution in [-0.2, 0) is 9.59 Å². The zero-order chi connectivity index (χ0) is 14.3. The van der Waals surface area contributed by atoms with Crippen molar-refractivity contribution in [2.24, 2.45) is 11.8 Å². The molecule has 2 saturated heterocycles. The summed E-state index contributed by atoms with van der Waals surface area (Å²) in [4.78, 5) is 28.1. The number of carbonyl (C=O) groups excluding carboxylic acids is 2. The van der Waals surface area contributed by atoms with Gasteiger partial charge in [0.2, 0.25) is 11.8 Å². The van der Waals surface area contributed by atoms with Gasteiger partial charge in [0.05, 0.1) is 5.60 Å². The first-order chi connectivity index (χ1) is 9.46. The van der Waals surface area contributed by atoms with Gasteiger partial charge in [-0.3, -0.25) is 9.59 Å². The first-order valence-electron chi connectivity index (χ1n) is 7.76. The second-order valence-electron chi connectivity index (χ2n) is 6.88. The highest BCUT2D eigenvalue weighted by Gasteiger charge is 2.39. The molecule has 1 aliphatic carbocycles. The predicted octanol–water partition coefficient (Wildman–Crippen LogP) is 0.618. The van der Waals surface area contributed by atoms with Gasteiger partial charge in [-0.15, -0.1) is 0 Å². The fourth-order valence-corrected chi connectivity index (χ4v) is 3.33. The van der Waals surface area contributed by atoms with Gasteiger partial charge in [0, 0.05) is 38.0 Å². The van der Waals surface area contributed by atoms with Gasteiger partial charge >= 0.3 is 0 Å². The van der Waals surface area contributed by atoms with Gasteiger partial charge in [-0.2, -0.15) is 0 Å². The fraction of sp³-hybridized carbons (Fsp3) is 0.867. The molecule has 3 aliphatic rings. The second kappa shape index (κ2) is 5.02. The molecule has 0 bridgehead atoms. The Morgan fingerprint density at radius 1 is 0.950 bits per heavy atom. The molecule has 0 aromatic heterocycles. The summed E-state index contributed by atoms with van der Waals surface area (Å²) in [5.41, 5.74) is -0.724. The van der Waals surface area contributed by atoms with E-state index in [-0.39, 0.29) is 17.7 Å². The SMILES string of the molecule is CC1(O)CCN(C(=O)C2CCN(C(=O)C3CC3)CC2)C1. The summed E-state index contributed by atoms with van der Waals surface area (Å²) in [7, 11) is 0. The number of amides is 2. The van der Waals surface area contributed by atoms with E-state index in [9.17, 15) is 14.7 Å². The van der Waals surface area contributed by atoms with E-state index in [0.717, 1.165) is 38.8 Å². The zero-order valence-electron chi connectivity index (χ0n) is 12.2.